The Morgan fingerprint density at radius 2 is 1.95 bits per heavy atom. The highest BCUT2D eigenvalue weighted by molar-refractivity contribution is 5.24. The van der Waals surface area contributed by atoms with Crippen molar-refractivity contribution in [2.24, 2.45) is 0 Å². The average molecular weight is 272 g/mol. The predicted molar refractivity (Wildman–Crippen MR) is 80.1 cm³/mol. The monoisotopic (exact) mass is 272 g/mol. The molecule has 1 heterocycles. The fourth-order valence-electron chi connectivity index (χ4n) is 2.29. The minimum Gasteiger partial charge on any atom is -0.310 e. The third-order valence-corrected chi connectivity index (χ3v) is 3.44. The molecule has 3 heteroatoms. The zero-order valence-electron chi connectivity index (χ0n) is 12.1. The van der Waals surface area contributed by atoms with Crippen molar-refractivity contribution in [1.29, 1.82) is 0 Å². The molecule has 2 aromatic rings. The molecule has 20 heavy (non-hydrogen) atoms. The number of nitrogens with zero attached hydrogens (tertiary/aromatic N) is 1. The molecule has 1 atom stereocenters. The molecule has 2 nitrogen and oxygen atoms in total. The van der Waals surface area contributed by atoms with Gasteiger partial charge in [0.2, 0.25) is 0 Å². The van der Waals surface area contributed by atoms with Crippen LogP contribution in [0.2, 0.25) is 0 Å². The third-order valence-electron chi connectivity index (χ3n) is 3.44. The average Bonchev–Trinajstić information content (AvgIpc) is 2.48. The summed E-state index contributed by atoms with van der Waals surface area (Å²) in [5.41, 5.74) is 2.91. The Morgan fingerprint density at radius 1 is 1.15 bits per heavy atom. The number of aryl methyl sites for hydroxylation is 1. The first-order chi connectivity index (χ1) is 9.74. The van der Waals surface area contributed by atoms with Crippen molar-refractivity contribution in [3.05, 3.63) is 65.2 Å². The lowest BCUT2D eigenvalue weighted by Crippen LogP contribution is -2.24. The van der Waals surface area contributed by atoms with Gasteiger partial charge in [0.05, 0.1) is 0 Å². The van der Waals surface area contributed by atoms with E-state index in [4.69, 9.17) is 0 Å². The molecule has 0 aliphatic heterocycles. The van der Waals surface area contributed by atoms with Gasteiger partial charge < -0.3 is 5.32 Å². The first kappa shape index (κ1) is 14.7. The van der Waals surface area contributed by atoms with Crippen LogP contribution in [0.25, 0.3) is 0 Å². The molecule has 0 bridgehead atoms. The number of benzene rings is 1. The van der Waals surface area contributed by atoms with E-state index in [2.05, 4.69) is 23.3 Å². The van der Waals surface area contributed by atoms with Crippen LogP contribution >= 0.6 is 0 Å². The second-order valence-electron chi connectivity index (χ2n) is 4.85. The highest BCUT2D eigenvalue weighted by atomic mass is 19.1. The van der Waals surface area contributed by atoms with E-state index >= 15 is 0 Å². The van der Waals surface area contributed by atoms with Gasteiger partial charge >= 0.3 is 0 Å². The van der Waals surface area contributed by atoms with Gasteiger partial charge in [-0.25, -0.2) is 4.39 Å². The second kappa shape index (κ2) is 7.15. The van der Waals surface area contributed by atoms with Crippen LogP contribution in [0.15, 0.2) is 42.6 Å². The zero-order valence-corrected chi connectivity index (χ0v) is 12.1. The van der Waals surface area contributed by atoms with Crippen LogP contribution in [0.1, 0.15) is 36.7 Å². The van der Waals surface area contributed by atoms with Crippen molar-refractivity contribution in [2.75, 3.05) is 6.54 Å². The number of pyridine rings is 1. The Hall–Kier alpha value is -1.74. The summed E-state index contributed by atoms with van der Waals surface area (Å²) in [6, 6.07) is 11.0. The fraction of sp³-hybridized carbons (Fsp3) is 0.353. The molecule has 0 fully saturated rings. The van der Waals surface area contributed by atoms with Gasteiger partial charge in [-0.2, -0.15) is 0 Å². The van der Waals surface area contributed by atoms with Gasteiger partial charge in [-0.15, -0.1) is 0 Å². The van der Waals surface area contributed by atoms with Gasteiger partial charge in [0, 0.05) is 29.9 Å². The molecule has 106 valence electrons. The summed E-state index contributed by atoms with van der Waals surface area (Å²) < 4.78 is 13.9. The van der Waals surface area contributed by atoms with Gasteiger partial charge in [0.1, 0.15) is 5.82 Å². The molecular weight excluding hydrogens is 251 g/mol. The van der Waals surface area contributed by atoms with Crippen LogP contribution in [-0.4, -0.2) is 11.5 Å². The number of likely N-dealkylation sites (N-methyl/N-ethyl adjacent to an activating group) is 1. The minimum atomic E-state index is -0.163. The molecule has 0 aliphatic rings. The molecule has 0 amide bonds. The highest BCUT2D eigenvalue weighted by Gasteiger charge is 2.15. The van der Waals surface area contributed by atoms with E-state index in [0.717, 1.165) is 18.7 Å². The quantitative estimate of drug-likeness (QED) is 0.867. The van der Waals surface area contributed by atoms with Crippen molar-refractivity contribution < 1.29 is 4.39 Å². The summed E-state index contributed by atoms with van der Waals surface area (Å²) in [6.45, 7) is 4.94. The van der Waals surface area contributed by atoms with Gasteiger partial charge in [-0.1, -0.05) is 38.1 Å². The lowest BCUT2D eigenvalue weighted by Gasteiger charge is -2.18. The Labute approximate surface area is 120 Å². The summed E-state index contributed by atoms with van der Waals surface area (Å²) in [7, 11) is 0. The van der Waals surface area contributed by atoms with Crippen LogP contribution in [0.3, 0.4) is 0 Å². The lowest BCUT2D eigenvalue weighted by molar-refractivity contribution is 0.506. The van der Waals surface area contributed by atoms with E-state index in [-0.39, 0.29) is 11.9 Å². The van der Waals surface area contributed by atoms with Crippen molar-refractivity contribution >= 4 is 0 Å². The van der Waals surface area contributed by atoms with Crippen LogP contribution < -0.4 is 5.32 Å². The van der Waals surface area contributed by atoms with Crippen molar-refractivity contribution in [1.82, 2.24) is 10.3 Å². The van der Waals surface area contributed by atoms with E-state index in [1.807, 2.05) is 31.3 Å². The summed E-state index contributed by atoms with van der Waals surface area (Å²) in [5, 5.41) is 3.34. The van der Waals surface area contributed by atoms with Gasteiger partial charge in [0.15, 0.2) is 0 Å². The lowest BCUT2D eigenvalue weighted by atomic mass is 10.0. The predicted octanol–water partition coefficient (Wildman–Crippen LogP) is 3.68. The zero-order chi connectivity index (χ0) is 14.4. The molecule has 0 spiro atoms. The number of halogens is 1. The third kappa shape index (κ3) is 3.64. The molecule has 1 N–H and O–H groups in total. The maximum Gasteiger partial charge on any atom is 0.127 e. The summed E-state index contributed by atoms with van der Waals surface area (Å²) in [5.74, 6) is -0.163. The van der Waals surface area contributed by atoms with E-state index in [1.165, 1.54) is 11.6 Å². The molecule has 0 saturated carbocycles. The largest absolute Gasteiger partial charge is 0.310 e. The van der Waals surface area contributed by atoms with Gasteiger partial charge in [-0.05, 0) is 30.7 Å². The maximum atomic E-state index is 13.9. The first-order valence-corrected chi connectivity index (χ1v) is 7.16. The van der Waals surface area contributed by atoms with Crippen LogP contribution in [-0.2, 0) is 12.8 Å². The van der Waals surface area contributed by atoms with Crippen molar-refractivity contribution in [2.45, 2.75) is 32.7 Å². The molecule has 1 unspecified atom stereocenters. The standard InChI is InChI=1S/C17H21FN2/c1-3-13-9-10-14(20-12-13)11-17(19-4-2)15-7-5-6-8-16(15)18/h5-10,12,17,19H,3-4,11H2,1-2H3. The highest BCUT2D eigenvalue weighted by Crippen LogP contribution is 2.20. The second-order valence-corrected chi connectivity index (χ2v) is 4.85. The molecule has 1 aromatic heterocycles. The number of aromatic nitrogens is 1. The number of hydrogen-bond acceptors (Lipinski definition) is 2. The van der Waals surface area contributed by atoms with Crippen LogP contribution in [0, 0.1) is 5.82 Å². The Bertz CT molecular complexity index is 537. The van der Waals surface area contributed by atoms with Crippen molar-refractivity contribution in [3.63, 3.8) is 0 Å². The molecular formula is C17H21FN2. The topological polar surface area (TPSA) is 24.9 Å². The number of rotatable bonds is 6. The molecule has 0 aliphatic carbocycles. The van der Waals surface area contributed by atoms with Crippen LogP contribution in [0.4, 0.5) is 4.39 Å². The minimum absolute atomic E-state index is 0.0406. The van der Waals surface area contributed by atoms with Crippen molar-refractivity contribution in [3.8, 4) is 0 Å². The summed E-state index contributed by atoms with van der Waals surface area (Å²) in [4.78, 5) is 4.46. The normalized spacial score (nSPS) is 12.3. The smallest absolute Gasteiger partial charge is 0.127 e. The summed E-state index contributed by atoms with van der Waals surface area (Å²) >= 11 is 0. The fourth-order valence-corrected chi connectivity index (χ4v) is 2.29. The van der Waals surface area contributed by atoms with Crippen LogP contribution in [0.5, 0.6) is 0 Å². The molecule has 0 saturated heterocycles. The number of nitrogens with one attached hydrogen (secondary N) is 1. The van der Waals surface area contributed by atoms with Gasteiger partial charge in [0.25, 0.3) is 0 Å². The van der Waals surface area contributed by atoms with E-state index < -0.39 is 0 Å². The SMILES string of the molecule is CCNC(Cc1ccc(CC)cn1)c1ccccc1F. The molecule has 0 radical (unpaired) electrons. The van der Waals surface area contributed by atoms with E-state index in [9.17, 15) is 4.39 Å². The molecule has 1 aromatic carbocycles. The van der Waals surface area contributed by atoms with Gasteiger partial charge in [-0.3, -0.25) is 4.98 Å². The Morgan fingerprint density at radius 3 is 2.55 bits per heavy atom. The maximum absolute atomic E-state index is 13.9. The molecule has 2 rings (SSSR count). The summed E-state index contributed by atoms with van der Waals surface area (Å²) in [6.07, 6.45) is 3.58. The van der Waals surface area contributed by atoms with E-state index in [0.29, 0.717) is 12.0 Å². The first-order valence-electron chi connectivity index (χ1n) is 7.16. The Balaban J connectivity index is 2.18. The van der Waals surface area contributed by atoms with E-state index in [1.54, 1.807) is 6.07 Å². The Kier molecular flexibility index (Phi) is 5.24. The number of hydrogen-bond donors (Lipinski definition) is 1.